The highest BCUT2D eigenvalue weighted by molar-refractivity contribution is 5.83. The Balaban J connectivity index is 1.26. The van der Waals surface area contributed by atoms with E-state index < -0.39 is 0 Å². The van der Waals surface area contributed by atoms with Crippen LogP contribution in [0.5, 0.6) is 6.01 Å². The number of methoxy groups -OCH3 is 1. The molecular weight excluding hydrogens is 472 g/mol. The van der Waals surface area contributed by atoms with Crippen molar-refractivity contribution in [3.63, 3.8) is 0 Å². The number of benzene rings is 1. The summed E-state index contributed by atoms with van der Waals surface area (Å²) in [5.74, 6) is 1.83. The van der Waals surface area contributed by atoms with Crippen molar-refractivity contribution in [1.29, 1.82) is 0 Å². The van der Waals surface area contributed by atoms with Gasteiger partial charge in [0.2, 0.25) is 5.91 Å². The van der Waals surface area contributed by atoms with E-state index >= 15 is 0 Å². The lowest BCUT2D eigenvalue weighted by molar-refractivity contribution is -0.191. The average molecular weight is 507 g/mol. The van der Waals surface area contributed by atoms with Crippen molar-refractivity contribution in [2.75, 3.05) is 45.3 Å². The highest BCUT2D eigenvalue weighted by Gasteiger charge is 2.33. The maximum atomic E-state index is 12.4. The van der Waals surface area contributed by atoms with Gasteiger partial charge in [0, 0.05) is 51.2 Å². The van der Waals surface area contributed by atoms with Crippen molar-refractivity contribution < 1.29 is 19.0 Å². The van der Waals surface area contributed by atoms with E-state index in [9.17, 15) is 4.79 Å². The Morgan fingerprint density at radius 3 is 2.68 bits per heavy atom. The van der Waals surface area contributed by atoms with Crippen LogP contribution in [0, 0.1) is 6.92 Å². The van der Waals surface area contributed by atoms with Crippen molar-refractivity contribution in [2.45, 2.75) is 57.3 Å². The van der Waals surface area contributed by atoms with E-state index in [-0.39, 0.29) is 24.2 Å². The Morgan fingerprint density at radius 2 is 1.92 bits per heavy atom. The first-order valence-corrected chi connectivity index (χ1v) is 13.2. The summed E-state index contributed by atoms with van der Waals surface area (Å²) in [5.41, 5.74) is 3.34. The fourth-order valence-electron chi connectivity index (χ4n) is 5.54. The lowest BCUT2D eigenvalue weighted by Crippen LogP contribution is -2.54. The molecule has 10 heteroatoms. The van der Waals surface area contributed by atoms with Crippen molar-refractivity contribution in [3.8, 4) is 11.8 Å². The predicted molar refractivity (Wildman–Crippen MR) is 138 cm³/mol. The highest BCUT2D eigenvalue weighted by atomic mass is 16.7. The number of rotatable bonds is 6. The van der Waals surface area contributed by atoms with Crippen molar-refractivity contribution in [1.82, 2.24) is 24.6 Å². The summed E-state index contributed by atoms with van der Waals surface area (Å²) in [6, 6.07) is 6.57. The fraction of sp³-hybridized carbons (Fsp3) is 0.556. The number of fused-ring (bicyclic) bond motifs is 1. The molecule has 1 aromatic carbocycles. The number of anilines is 1. The minimum absolute atomic E-state index is 0.0932. The van der Waals surface area contributed by atoms with Crippen LogP contribution in [0.4, 0.5) is 5.82 Å². The Bertz CT molecular complexity index is 1300. The molecule has 3 aliphatic rings. The van der Waals surface area contributed by atoms with Crippen LogP contribution in [0.2, 0.25) is 0 Å². The Labute approximate surface area is 216 Å². The Kier molecular flexibility index (Phi) is 6.46. The number of nitrogens with zero attached hydrogens (tertiary/aromatic N) is 6. The van der Waals surface area contributed by atoms with Gasteiger partial charge < -0.3 is 24.0 Å². The number of amides is 1. The van der Waals surface area contributed by atoms with E-state index in [1.807, 2.05) is 28.9 Å². The molecular formula is C27H34N6O4. The van der Waals surface area contributed by atoms with Crippen LogP contribution in [0.25, 0.3) is 16.7 Å². The van der Waals surface area contributed by atoms with Gasteiger partial charge in [0.25, 0.3) is 0 Å². The molecule has 3 aromatic rings. The van der Waals surface area contributed by atoms with E-state index in [0.29, 0.717) is 18.2 Å². The second-order valence-electron chi connectivity index (χ2n) is 10.4. The molecule has 0 bridgehead atoms. The maximum absolute atomic E-state index is 12.4. The lowest BCUT2D eigenvalue weighted by Gasteiger charge is -2.41. The van der Waals surface area contributed by atoms with Gasteiger partial charge in [0.15, 0.2) is 12.1 Å². The molecule has 1 amide bonds. The molecule has 6 rings (SSSR count). The molecule has 3 aliphatic heterocycles. The minimum Gasteiger partial charge on any atom is -0.467 e. The molecule has 37 heavy (non-hydrogen) atoms. The summed E-state index contributed by atoms with van der Waals surface area (Å²) in [4.78, 5) is 25.6. The van der Waals surface area contributed by atoms with Crippen LogP contribution in [0.1, 0.15) is 49.1 Å². The van der Waals surface area contributed by atoms with Crippen LogP contribution in [0.3, 0.4) is 0 Å². The normalized spacial score (nSPS) is 22.9. The first kappa shape index (κ1) is 24.1. The summed E-state index contributed by atoms with van der Waals surface area (Å²) < 4.78 is 19.1. The first-order valence-electron chi connectivity index (χ1n) is 13.2. The Hall–Kier alpha value is -3.24. The van der Waals surface area contributed by atoms with Gasteiger partial charge in [-0.3, -0.25) is 4.79 Å². The molecule has 0 radical (unpaired) electrons. The van der Waals surface area contributed by atoms with Gasteiger partial charge in [0.05, 0.1) is 24.9 Å². The van der Waals surface area contributed by atoms with Crippen LogP contribution in [-0.2, 0) is 14.3 Å². The number of likely N-dealkylation sites (tertiary alicyclic amines) is 1. The monoisotopic (exact) mass is 506 g/mol. The van der Waals surface area contributed by atoms with Gasteiger partial charge in [0.1, 0.15) is 5.82 Å². The van der Waals surface area contributed by atoms with E-state index in [2.05, 4.69) is 39.0 Å². The average Bonchev–Trinajstić information content (AvgIpc) is 3.30. The number of carbonyl (C=O) groups excluding carboxylic acids is 1. The van der Waals surface area contributed by atoms with Crippen LogP contribution in [0.15, 0.2) is 24.4 Å². The lowest BCUT2D eigenvalue weighted by atomic mass is 9.86. The smallest absolute Gasteiger partial charge is 0.320 e. The molecule has 0 aliphatic carbocycles. The van der Waals surface area contributed by atoms with Gasteiger partial charge in [-0.2, -0.15) is 15.1 Å². The van der Waals surface area contributed by atoms with Crippen molar-refractivity contribution in [3.05, 3.63) is 35.5 Å². The quantitative estimate of drug-likeness (QED) is 0.503. The van der Waals surface area contributed by atoms with Crippen LogP contribution in [-0.4, -0.2) is 83.3 Å². The second-order valence-corrected chi connectivity index (χ2v) is 10.4. The summed E-state index contributed by atoms with van der Waals surface area (Å²) in [6.45, 7) is 5.15. The van der Waals surface area contributed by atoms with Crippen molar-refractivity contribution in [2.24, 2.45) is 0 Å². The zero-order chi connectivity index (χ0) is 25.5. The third-order valence-corrected chi connectivity index (χ3v) is 7.79. The predicted octanol–water partition coefficient (Wildman–Crippen LogP) is 3.20. The van der Waals surface area contributed by atoms with E-state index in [1.54, 1.807) is 7.11 Å². The minimum atomic E-state index is -0.0932. The number of ether oxygens (including phenoxy) is 3. The third-order valence-electron chi connectivity index (χ3n) is 7.79. The number of hydrogen-bond acceptors (Lipinski definition) is 8. The van der Waals surface area contributed by atoms with Crippen LogP contribution >= 0.6 is 0 Å². The molecule has 0 spiro atoms. The van der Waals surface area contributed by atoms with Gasteiger partial charge >= 0.3 is 6.01 Å². The molecule has 3 fully saturated rings. The second kappa shape index (κ2) is 9.90. The van der Waals surface area contributed by atoms with Crippen molar-refractivity contribution >= 4 is 22.6 Å². The molecule has 2 atom stereocenters. The third kappa shape index (κ3) is 4.75. The molecule has 5 heterocycles. The van der Waals surface area contributed by atoms with E-state index in [0.717, 1.165) is 68.6 Å². The number of aryl methyl sites for hydroxylation is 1. The Morgan fingerprint density at radius 1 is 1.08 bits per heavy atom. The van der Waals surface area contributed by atoms with Gasteiger partial charge in [-0.15, -0.1) is 0 Å². The van der Waals surface area contributed by atoms with E-state index in [1.165, 1.54) is 11.1 Å². The molecule has 196 valence electrons. The summed E-state index contributed by atoms with van der Waals surface area (Å²) in [7, 11) is 3.45. The van der Waals surface area contributed by atoms with Gasteiger partial charge in [-0.1, -0.05) is 0 Å². The number of aromatic nitrogens is 4. The standard InChI is InChI=1S/C27H34N6O4/c1-17-10-19-14-28-33(22(19)12-21(17)18-7-8-31(2)25(34)11-18)24-13-23(29-27(30-24)35-3)32-15-20(16-32)37-26-6-4-5-9-36-26/h10,12-14,18,20,26H,4-9,11,15-16H2,1-3H3. The zero-order valence-electron chi connectivity index (χ0n) is 21.7. The van der Waals surface area contributed by atoms with Gasteiger partial charge in [-0.05, 0) is 61.8 Å². The van der Waals surface area contributed by atoms with E-state index in [4.69, 9.17) is 14.2 Å². The fourth-order valence-corrected chi connectivity index (χ4v) is 5.54. The van der Waals surface area contributed by atoms with Crippen LogP contribution < -0.4 is 9.64 Å². The first-order chi connectivity index (χ1) is 18.0. The number of carbonyl (C=O) groups is 1. The van der Waals surface area contributed by atoms with Gasteiger partial charge in [-0.25, -0.2) is 4.68 Å². The summed E-state index contributed by atoms with van der Waals surface area (Å²) >= 11 is 0. The molecule has 2 aromatic heterocycles. The molecule has 0 saturated carbocycles. The molecule has 0 N–H and O–H groups in total. The summed E-state index contributed by atoms with van der Waals surface area (Å²) in [6.07, 6.45) is 6.61. The largest absolute Gasteiger partial charge is 0.467 e. The SMILES string of the molecule is COc1nc(N2CC(OC3CCCCO3)C2)cc(-n2ncc3cc(C)c(C4CCN(C)C(=O)C4)cc32)n1. The topological polar surface area (TPSA) is 94.8 Å². The molecule has 3 saturated heterocycles. The molecule has 2 unspecified atom stereocenters. The maximum Gasteiger partial charge on any atom is 0.320 e. The number of piperidine rings is 1. The number of hydrogen-bond donors (Lipinski definition) is 0. The highest BCUT2D eigenvalue weighted by Crippen LogP contribution is 2.34. The zero-order valence-corrected chi connectivity index (χ0v) is 21.7. The summed E-state index contributed by atoms with van der Waals surface area (Å²) in [5, 5.41) is 5.70. The molecule has 10 nitrogen and oxygen atoms in total.